The highest BCUT2D eigenvalue weighted by molar-refractivity contribution is 7.92. The first kappa shape index (κ1) is 21.9. The molecule has 32 heavy (non-hydrogen) atoms. The molecule has 1 N–H and O–H groups in total. The summed E-state index contributed by atoms with van der Waals surface area (Å²) < 4.78 is 32.7. The number of anilines is 1. The first-order chi connectivity index (χ1) is 15.4. The lowest BCUT2D eigenvalue weighted by atomic mass is 9.97. The summed E-state index contributed by atoms with van der Waals surface area (Å²) in [4.78, 5) is 13.3. The lowest BCUT2D eigenvalue weighted by Crippen LogP contribution is -2.51. The highest BCUT2D eigenvalue weighted by Gasteiger charge is 2.36. The molecule has 0 bridgehead atoms. The Morgan fingerprint density at radius 1 is 1.00 bits per heavy atom. The number of nitrogens with zero attached hydrogens (tertiary/aromatic N) is 1. The molecule has 1 heterocycles. The van der Waals surface area contributed by atoms with Crippen molar-refractivity contribution in [3.05, 3.63) is 95.6 Å². The second-order valence-electron chi connectivity index (χ2n) is 7.77. The van der Waals surface area contributed by atoms with Gasteiger partial charge in [-0.15, -0.1) is 0 Å². The molecule has 6 nitrogen and oxygen atoms in total. The molecule has 166 valence electrons. The average molecular weight is 451 g/mol. The van der Waals surface area contributed by atoms with E-state index in [-0.39, 0.29) is 24.2 Å². The minimum atomic E-state index is -3.57. The Kier molecular flexibility index (Phi) is 6.19. The summed E-state index contributed by atoms with van der Waals surface area (Å²) in [6.07, 6.45) is -0.970. The molecule has 0 saturated heterocycles. The first-order valence-electron chi connectivity index (χ1n) is 10.6. The van der Waals surface area contributed by atoms with Gasteiger partial charge in [-0.3, -0.25) is 9.10 Å². The van der Waals surface area contributed by atoms with E-state index in [0.29, 0.717) is 11.4 Å². The molecule has 4 rings (SSSR count). The Bertz CT molecular complexity index is 1190. The van der Waals surface area contributed by atoms with E-state index in [2.05, 4.69) is 5.32 Å². The number of hydrogen-bond acceptors (Lipinski definition) is 4. The third kappa shape index (κ3) is 4.48. The molecule has 0 radical (unpaired) electrons. The molecule has 0 aromatic heterocycles. The van der Waals surface area contributed by atoms with Crippen molar-refractivity contribution in [3.8, 4) is 5.75 Å². The zero-order valence-corrected chi connectivity index (χ0v) is 18.9. The van der Waals surface area contributed by atoms with Gasteiger partial charge in [0.2, 0.25) is 10.0 Å². The number of hydrogen-bond donors (Lipinski definition) is 1. The Morgan fingerprint density at radius 2 is 1.62 bits per heavy atom. The van der Waals surface area contributed by atoms with E-state index in [1.807, 2.05) is 61.5 Å². The van der Waals surface area contributed by atoms with Crippen molar-refractivity contribution in [1.82, 2.24) is 5.32 Å². The summed E-state index contributed by atoms with van der Waals surface area (Å²) in [7, 11) is -3.57. The number of amides is 1. The third-order valence-corrected chi connectivity index (χ3v) is 7.30. The van der Waals surface area contributed by atoms with Crippen molar-refractivity contribution in [2.24, 2.45) is 0 Å². The molecule has 1 amide bonds. The SMILES string of the molecule is CCS(=O)(=O)N1C[C@H](C(=O)N[C@@H](c2ccccc2)c2ccc(C)cc2)Oc2ccccc21. The van der Waals surface area contributed by atoms with Gasteiger partial charge in [0.05, 0.1) is 24.0 Å². The predicted octanol–water partition coefficient (Wildman–Crippen LogP) is 3.82. The molecule has 0 unspecified atom stereocenters. The minimum Gasteiger partial charge on any atom is -0.476 e. The van der Waals surface area contributed by atoms with Crippen LogP contribution in [0.4, 0.5) is 5.69 Å². The second-order valence-corrected chi connectivity index (χ2v) is 9.95. The maximum absolute atomic E-state index is 13.3. The maximum atomic E-state index is 13.3. The number of fused-ring (bicyclic) bond motifs is 1. The molecule has 7 heteroatoms. The topological polar surface area (TPSA) is 75.7 Å². The van der Waals surface area contributed by atoms with Crippen LogP contribution in [0.25, 0.3) is 0 Å². The maximum Gasteiger partial charge on any atom is 0.263 e. The van der Waals surface area contributed by atoms with Crippen molar-refractivity contribution in [2.75, 3.05) is 16.6 Å². The van der Waals surface area contributed by atoms with Crippen LogP contribution in [-0.2, 0) is 14.8 Å². The standard InChI is InChI=1S/C25H26N2O4S/c1-3-32(29,30)27-17-23(31-22-12-8-7-11-21(22)27)25(28)26-24(19-9-5-4-6-10-19)20-15-13-18(2)14-16-20/h4-16,23-24H,3,17H2,1-2H3,(H,26,28)/t23-,24+/m1/s1. The number of ether oxygens (including phenoxy) is 1. The van der Waals surface area contributed by atoms with E-state index in [1.165, 1.54) is 4.31 Å². The lowest BCUT2D eigenvalue weighted by molar-refractivity contribution is -0.128. The van der Waals surface area contributed by atoms with Gasteiger partial charge >= 0.3 is 0 Å². The average Bonchev–Trinajstić information content (AvgIpc) is 2.83. The Balaban J connectivity index is 1.64. The number of benzene rings is 3. The van der Waals surface area contributed by atoms with Crippen molar-refractivity contribution in [1.29, 1.82) is 0 Å². The quantitative estimate of drug-likeness (QED) is 0.620. The van der Waals surface area contributed by atoms with Gasteiger partial charge in [0, 0.05) is 0 Å². The van der Waals surface area contributed by atoms with E-state index >= 15 is 0 Å². The molecular formula is C25H26N2O4S. The largest absolute Gasteiger partial charge is 0.476 e. The van der Waals surface area contributed by atoms with E-state index in [9.17, 15) is 13.2 Å². The number of carbonyl (C=O) groups is 1. The summed E-state index contributed by atoms with van der Waals surface area (Å²) in [5, 5.41) is 3.07. The molecule has 1 aliphatic rings. The van der Waals surface area contributed by atoms with E-state index in [1.54, 1.807) is 31.2 Å². The highest BCUT2D eigenvalue weighted by atomic mass is 32.2. The van der Waals surface area contributed by atoms with Crippen LogP contribution in [0.2, 0.25) is 0 Å². The molecule has 0 aliphatic carbocycles. The summed E-state index contributed by atoms with van der Waals surface area (Å²) in [5.74, 6) is -0.0566. The molecule has 3 aromatic carbocycles. The molecule has 2 atom stereocenters. The van der Waals surface area contributed by atoms with Gasteiger partial charge < -0.3 is 10.1 Å². The number of rotatable bonds is 6. The van der Waals surface area contributed by atoms with Gasteiger partial charge in [-0.25, -0.2) is 8.42 Å². The van der Waals surface area contributed by atoms with Crippen LogP contribution in [0.1, 0.15) is 29.7 Å². The van der Waals surface area contributed by atoms with Gasteiger partial charge in [-0.05, 0) is 37.1 Å². The Morgan fingerprint density at radius 3 is 2.31 bits per heavy atom. The third-order valence-electron chi connectivity index (χ3n) is 5.56. The van der Waals surface area contributed by atoms with Gasteiger partial charge in [0.1, 0.15) is 5.75 Å². The van der Waals surface area contributed by atoms with Crippen molar-refractivity contribution < 1.29 is 17.9 Å². The molecule has 0 spiro atoms. The fourth-order valence-corrected chi connectivity index (χ4v) is 4.88. The fourth-order valence-electron chi connectivity index (χ4n) is 3.76. The zero-order valence-electron chi connectivity index (χ0n) is 18.1. The van der Waals surface area contributed by atoms with Gasteiger partial charge in [-0.2, -0.15) is 0 Å². The molecule has 1 aliphatic heterocycles. The zero-order chi connectivity index (χ0) is 22.7. The number of carbonyl (C=O) groups excluding carboxylic acids is 1. The lowest BCUT2D eigenvalue weighted by Gasteiger charge is -2.35. The van der Waals surface area contributed by atoms with Crippen molar-refractivity contribution in [2.45, 2.75) is 26.0 Å². The predicted molar refractivity (Wildman–Crippen MR) is 125 cm³/mol. The molecular weight excluding hydrogens is 424 g/mol. The van der Waals surface area contributed by atoms with Gasteiger partial charge in [0.25, 0.3) is 5.91 Å². The van der Waals surface area contributed by atoms with Crippen LogP contribution in [0.15, 0.2) is 78.9 Å². The van der Waals surface area contributed by atoms with Gasteiger partial charge in [-0.1, -0.05) is 72.3 Å². The molecule has 0 fully saturated rings. The first-order valence-corrected chi connectivity index (χ1v) is 12.2. The minimum absolute atomic E-state index is 0.0638. The van der Waals surface area contributed by atoms with Crippen LogP contribution in [0, 0.1) is 6.92 Å². The molecule has 0 saturated carbocycles. The Hall–Kier alpha value is -3.32. The van der Waals surface area contributed by atoms with Crippen LogP contribution in [-0.4, -0.2) is 32.7 Å². The van der Waals surface area contributed by atoms with Crippen molar-refractivity contribution >= 4 is 21.6 Å². The monoisotopic (exact) mass is 450 g/mol. The van der Waals surface area contributed by atoms with Crippen LogP contribution in [0.5, 0.6) is 5.75 Å². The number of sulfonamides is 1. The normalized spacial score (nSPS) is 16.6. The van der Waals surface area contributed by atoms with Crippen LogP contribution < -0.4 is 14.4 Å². The summed E-state index contributed by atoms with van der Waals surface area (Å²) in [6.45, 7) is 3.52. The smallest absolute Gasteiger partial charge is 0.263 e. The van der Waals surface area contributed by atoms with E-state index < -0.39 is 16.1 Å². The summed E-state index contributed by atoms with van der Waals surface area (Å²) in [6, 6.07) is 24.1. The summed E-state index contributed by atoms with van der Waals surface area (Å²) in [5.41, 5.74) is 3.44. The number of para-hydroxylation sites is 2. The van der Waals surface area contributed by atoms with Crippen molar-refractivity contribution in [3.63, 3.8) is 0 Å². The highest BCUT2D eigenvalue weighted by Crippen LogP contribution is 2.35. The number of aryl methyl sites for hydroxylation is 1. The van der Waals surface area contributed by atoms with Gasteiger partial charge in [0.15, 0.2) is 6.10 Å². The number of nitrogens with one attached hydrogen (secondary N) is 1. The van der Waals surface area contributed by atoms with Crippen LogP contribution in [0.3, 0.4) is 0 Å². The second kappa shape index (κ2) is 9.04. The summed E-state index contributed by atoms with van der Waals surface area (Å²) >= 11 is 0. The van der Waals surface area contributed by atoms with E-state index in [4.69, 9.17) is 4.74 Å². The van der Waals surface area contributed by atoms with Crippen LogP contribution >= 0.6 is 0 Å². The Labute approximate surface area is 188 Å². The van der Waals surface area contributed by atoms with E-state index in [0.717, 1.165) is 16.7 Å². The fraction of sp³-hybridized carbons (Fsp3) is 0.240. The molecule has 3 aromatic rings.